The van der Waals surface area contributed by atoms with Crippen molar-refractivity contribution in [3.8, 4) is 5.75 Å². The molecule has 1 atom stereocenters. The minimum Gasteiger partial charge on any atom is -0.462 e. The fourth-order valence-electron chi connectivity index (χ4n) is 3.35. The molecule has 0 saturated heterocycles. The largest absolute Gasteiger partial charge is 0.462 e. The van der Waals surface area contributed by atoms with Gasteiger partial charge < -0.3 is 15.2 Å². The summed E-state index contributed by atoms with van der Waals surface area (Å²) in [4.78, 5) is 25.7. The summed E-state index contributed by atoms with van der Waals surface area (Å²) >= 11 is 1.13. The Balaban J connectivity index is 2.04. The Hall–Kier alpha value is -3.12. The van der Waals surface area contributed by atoms with Gasteiger partial charge in [0.05, 0.1) is 18.1 Å². The number of rotatable bonds is 3. The molecule has 3 aromatic rings. The first-order valence-corrected chi connectivity index (χ1v) is 9.38. The second-order valence-electron chi connectivity index (χ2n) is 6.07. The second kappa shape index (κ2) is 6.89. The predicted octanol–water partition coefficient (Wildman–Crippen LogP) is 3.52. The third kappa shape index (κ3) is 2.88. The highest BCUT2D eigenvalue weighted by atomic mass is 32.1. The molecule has 2 aromatic carbocycles. The van der Waals surface area contributed by atoms with Crippen LogP contribution >= 0.6 is 11.3 Å². The van der Waals surface area contributed by atoms with Crippen LogP contribution in [0.1, 0.15) is 24.0 Å². The van der Waals surface area contributed by atoms with E-state index in [9.17, 15) is 9.59 Å². The summed E-state index contributed by atoms with van der Waals surface area (Å²) in [5.41, 5.74) is 7.52. The monoisotopic (exact) mass is 379 g/mol. The van der Waals surface area contributed by atoms with Crippen LogP contribution in [0.25, 0.3) is 10.1 Å². The van der Waals surface area contributed by atoms with Crippen LogP contribution in [-0.4, -0.2) is 12.6 Å². The Bertz CT molecular complexity index is 1120. The fourth-order valence-corrected chi connectivity index (χ4v) is 4.29. The Morgan fingerprint density at radius 2 is 1.85 bits per heavy atom. The van der Waals surface area contributed by atoms with Crippen molar-refractivity contribution in [3.63, 3.8) is 0 Å². The molecule has 1 aromatic heterocycles. The molecule has 5 nitrogen and oxygen atoms in total. The Morgan fingerprint density at radius 3 is 2.59 bits per heavy atom. The van der Waals surface area contributed by atoms with Gasteiger partial charge in [-0.25, -0.2) is 4.79 Å². The van der Waals surface area contributed by atoms with E-state index in [0.29, 0.717) is 11.3 Å². The van der Waals surface area contributed by atoms with E-state index < -0.39 is 11.9 Å². The molecular formula is C21H17NO4S. The minimum absolute atomic E-state index is 0.0319. The van der Waals surface area contributed by atoms with Crippen LogP contribution in [0.2, 0.25) is 0 Å². The van der Waals surface area contributed by atoms with Crippen LogP contribution in [-0.2, 0) is 9.53 Å². The lowest BCUT2D eigenvalue weighted by atomic mass is 9.83. The molecule has 1 aliphatic rings. The molecule has 1 unspecified atom stereocenters. The summed E-state index contributed by atoms with van der Waals surface area (Å²) in [5, 5.41) is 0.795. The Morgan fingerprint density at radius 1 is 1.15 bits per heavy atom. The van der Waals surface area contributed by atoms with E-state index in [-0.39, 0.29) is 22.8 Å². The van der Waals surface area contributed by atoms with E-state index in [1.165, 1.54) is 0 Å². The highest BCUT2D eigenvalue weighted by Crippen LogP contribution is 2.44. The maximum Gasteiger partial charge on any atom is 0.340 e. The maximum absolute atomic E-state index is 13.0. The predicted molar refractivity (Wildman–Crippen MR) is 105 cm³/mol. The van der Waals surface area contributed by atoms with Gasteiger partial charge >= 0.3 is 5.97 Å². The number of carbonyl (C=O) groups excluding carboxylic acids is 1. The number of ether oxygens (including phenoxy) is 2. The molecule has 0 aliphatic carbocycles. The van der Waals surface area contributed by atoms with Gasteiger partial charge in [-0.05, 0) is 24.6 Å². The van der Waals surface area contributed by atoms with Crippen LogP contribution in [0.5, 0.6) is 5.75 Å². The molecule has 6 heteroatoms. The third-order valence-electron chi connectivity index (χ3n) is 4.48. The highest BCUT2D eigenvalue weighted by Gasteiger charge is 2.38. The van der Waals surface area contributed by atoms with Gasteiger partial charge in [-0.2, -0.15) is 0 Å². The van der Waals surface area contributed by atoms with Crippen LogP contribution < -0.4 is 15.2 Å². The zero-order chi connectivity index (χ0) is 19.0. The van der Waals surface area contributed by atoms with E-state index in [1.54, 1.807) is 6.92 Å². The average molecular weight is 379 g/mol. The van der Waals surface area contributed by atoms with Crippen LogP contribution in [0.15, 0.2) is 70.8 Å². The molecule has 0 saturated carbocycles. The fraction of sp³-hybridized carbons (Fsp3) is 0.143. The van der Waals surface area contributed by atoms with Gasteiger partial charge in [0, 0.05) is 10.1 Å². The number of esters is 1. The van der Waals surface area contributed by atoms with Crippen molar-refractivity contribution >= 4 is 27.4 Å². The lowest BCUT2D eigenvalue weighted by Crippen LogP contribution is -2.30. The summed E-state index contributed by atoms with van der Waals surface area (Å²) in [7, 11) is 0. The summed E-state index contributed by atoms with van der Waals surface area (Å²) in [5.74, 6) is -0.835. The number of benzene rings is 2. The molecule has 0 spiro atoms. The van der Waals surface area contributed by atoms with Crippen molar-refractivity contribution in [1.29, 1.82) is 0 Å². The smallest absolute Gasteiger partial charge is 0.340 e. The molecule has 2 heterocycles. The first kappa shape index (κ1) is 17.3. The maximum atomic E-state index is 13.0. The molecule has 27 heavy (non-hydrogen) atoms. The topological polar surface area (TPSA) is 78.6 Å². The SMILES string of the molecule is CCOC(=O)C1=C(N)Oc2c(c(=O)sc3ccccc23)C1c1ccccc1. The molecule has 0 bridgehead atoms. The van der Waals surface area contributed by atoms with E-state index in [4.69, 9.17) is 15.2 Å². The summed E-state index contributed by atoms with van der Waals surface area (Å²) < 4.78 is 11.7. The summed E-state index contributed by atoms with van der Waals surface area (Å²) in [6.45, 7) is 1.92. The lowest BCUT2D eigenvalue weighted by molar-refractivity contribution is -0.139. The van der Waals surface area contributed by atoms with Crippen molar-refractivity contribution in [2.45, 2.75) is 12.8 Å². The van der Waals surface area contributed by atoms with Crippen molar-refractivity contribution < 1.29 is 14.3 Å². The first-order chi connectivity index (χ1) is 13.1. The minimum atomic E-state index is -0.637. The lowest BCUT2D eigenvalue weighted by Gasteiger charge is -2.28. The van der Waals surface area contributed by atoms with Crippen molar-refractivity contribution in [1.82, 2.24) is 0 Å². The van der Waals surface area contributed by atoms with Crippen LogP contribution in [0.4, 0.5) is 0 Å². The van der Waals surface area contributed by atoms with E-state index >= 15 is 0 Å². The van der Waals surface area contributed by atoms with Crippen molar-refractivity contribution in [3.05, 3.63) is 86.7 Å². The standard InChI is InChI=1S/C21H17NO4S/c1-2-25-20(23)17-15(12-8-4-3-5-9-12)16-18(26-19(17)22)13-10-6-7-11-14(13)27-21(16)24/h3-11,15H,2,22H2,1H3. The summed E-state index contributed by atoms with van der Waals surface area (Å²) in [6, 6.07) is 16.8. The second-order valence-corrected chi connectivity index (χ2v) is 7.09. The first-order valence-electron chi connectivity index (χ1n) is 8.57. The molecule has 136 valence electrons. The van der Waals surface area contributed by atoms with Crippen LogP contribution in [0.3, 0.4) is 0 Å². The molecule has 1 aliphatic heterocycles. The number of nitrogens with two attached hydrogens (primary N) is 1. The zero-order valence-corrected chi connectivity index (χ0v) is 15.4. The van der Waals surface area contributed by atoms with Gasteiger partial charge in [0.25, 0.3) is 0 Å². The quantitative estimate of drug-likeness (QED) is 0.705. The van der Waals surface area contributed by atoms with Gasteiger partial charge in [-0.15, -0.1) is 0 Å². The van der Waals surface area contributed by atoms with Gasteiger partial charge in [-0.3, -0.25) is 4.79 Å². The number of fused-ring (bicyclic) bond motifs is 3. The third-order valence-corrected chi connectivity index (χ3v) is 5.46. The number of carbonyl (C=O) groups is 1. The summed E-state index contributed by atoms with van der Waals surface area (Å²) in [6.07, 6.45) is 0. The van der Waals surface area contributed by atoms with Crippen molar-refractivity contribution in [2.24, 2.45) is 5.73 Å². The van der Waals surface area contributed by atoms with Gasteiger partial charge in [0.2, 0.25) is 10.6 Å². The number of hydrogen-bond acceptors (Lipinski definition) is 6. The molecule has 2 N–H and O–H groups in total. The van der Waals surface area contributed by atoms with Crippen LogP contribution in [0, 0.1) is 0 Å². The molecule has 0 radical (unpaired) electrons. The van der Waals surface area contributed by atoms with Gasteiger partial charge in [0.1, 0.15) is 11.3 Å². The normalized spacial score (nSPS) is 16.0. The highest BCUT2D eigenvalue weighted by molar-refractivity contribution is 7.16. The number of hydrogen-bond donors (Lipinski definition) is 1. The van der Waals surface area contributed by atoms with E-state index in [1.807, 2.05) is 54.6 Å². The average Bonchev–Trinajstić information content (AvgIpc) is 2.68. The zero-order valence-electron chi connectivity index (χ0n) is 14.6. The molecular weight excluding hydrogens is 362 g/mol. The molecule has 0 amide bonds. The van der Waals surface area contributed by atoms with E-state index in [2.05, 4.69) is 0 Å². The van der Waals surface area contributed by atoms with Gasteiger partial charge in [-0.1, -0.05) is 53.8 Å². The van der Waals surface area contributed by atoms with Crippen molar-refractivity contribution in [2.75, 3.05) is 6.61 Å². The molecule has 0 fully saturated rings. The van der Waals surface area contributed by atoms with Gasteiger partial charge in [0.15, 0.2) is 0 Å². The molecule has 4 rings (SSSR count). The Labute approximate surface area is 159 Å². The van der Waals surface area contributed by atoms with E-state index in [0.717, 1.165) is 27.0 Å². The Kier molecular flexibility index (Phi) is 4.41.